The van der Waals surface area contributed by atoms with E-state index in [2.05, 4.69) is 17.4 Å². The molecule has 6 nitrogen and oxygen atoms in total. The number of carbonyl (C=O) groups is 1. The molecule has 1 amide bonds. The lowest BCUT2D eigenvalue weighted by Gasteiger charge is -2.11. The average molecular weight is 378 g/mol. The number of hydrazine groups is 1. The van der Waals surface area contributed by atoms with E-state index < -0.39 is 4.92 Å². The number of nitrogens with one attached hydrogen (secondary N) is 2. The van der Waals surface area contributed by atoms with Crippen molar-refractivity contribution < 1.29 is 9.72 Å². The number of thioether (sulfide) groups is 1. The maximum Gasteiger partial charge on any atom is 0.269 e. The van der Waals surface area contributed by atoms with Crippen molar-refractivity contribution in [1.82, 2.24) is 10.9 Å². The van der Waals surface area contributed by atoms with E-state index in [4.69, 9.17) is 11.6 Å². The van der Waals surface area contributed by atoms with Gasteiger partial charge in [0.25, 0.3) is 5.69 Å². The Labute approximate surface area is 154 Å². The van der Waals surface area contributed by atoms with Crippen LogP contribution < -0.4 is 10.9 Å². The van der Waals surface area contributed by atoms with Crippen molar-refractivity contribution in [2.24, 2.45) is 0 Å². The number of carbonyl (C=O) groups excluding carboxylic acids is 1. The van der Waals surface area contributed by atoms with Crippen LogP contribution in [0.15, 0.2) is 55.1 Å². The minimum Gasteiger partial charge on any atom is -0.299 e. The summed E-state index contributed by atoms with van der Waals surface area (Å²) >= 11 is 7.29. The molecule has 0 spiro atoms. The molecular weight excluding hydrogens is 362 g/mol. The molecule has 0 heterocycles. The Hall–Kier alpha value is -2.51. The SMILES string of the molecule is C=C(NNC(=O)CSCc1ccc(Cl)cc1)c1ccc([N+](=O)[O-])cc1. The molecule has 8 heteroatoms. The van der Waals surface area contributed by atoms with Gasteiger partial charge in [-0.1, -0.05) is 30.3 Å². The molecule has 0 saturated carbocycles. The summed E-state index contributed by atoms with van der Waals surface area (Å²) in [6, 6.07) is 13.4. The number of amides is 1. The van der Waals surface area contributed by atoms with Crippen LogP contribution in [0.3, 0.4) is 0 Å². The highest BCUT2D eigenvalue weighted by Gasteiger charge is 2.07. The van der Waals surface area contributed by atoms with Gasteiger partial charge in [-0.05, 0) is 35.4 Å². The first-order chi connectivity index (χ1) is 12.0. The maximum absolute atomic E-state index is 11.8. The molecular formula is C17H16ClN3O3S. The highest BCUT2D eigenvalue weighted by atomic mass is 35.5. The Morgan fingerprint density at radius 1 is 1.12 bits per heavy atom. The number of non-ortho nitro benzene ring substituents is 1. The zero-order chi connectivity index (χ0) is 18.2. The summed E-state index contributed by atoms with van der Waals surface area (Å²) in [7, 11) is 0. The lowest BCUT2D eigenvalue weighted by Crippen LogP contribution is -2.37. The van der Waals surface area contributed by atoms with E-state index in [1.165, 1.54) is 23.9 Å². The van der Waals surface area contributed by atoms with Crippen LogP contribution in [0, 0.1) is 10.1 Å². The van der Waals surface area contributed by atoms with Crippen molar-refractivity contribution in [1.29, 1.82) is 0 Å². The van der Waals surface area contributed by atoms with E-state index in [9.17, 15) is 14.9 Å². The molecule has 2 rings (SSSR count). The summed E-state index contributed by atoms with van der Waals surface area (Å²) in [5.74, 6) is 0.791. The first kappa shape index (κ1) is 18.8. The lowest BCUT2D eigenvalue weighted by atomic mass is 10.1. The summed E-state index contributed by atoms with van der Waals surface area (Å²) in [6.45, 7) is 3.79. The Kier molecular flexibility index (Phi) is 6.85. The molecule has 0 aliphatic rings. The average Bonchev–Trinajstić information content (AvgIpc) is 2.61. The molecule has 0 saturated heterocycles. The van der Waals surface area contributed by atoms with Gasteiger partial charge in [-0.15, -0.1) is 11.8 Å². The van der Waals surface area contributed by atoms with Gasteiger partial charge in [-0.25, -0.2) is 0 Å². The van der Waals surface area contributed by atoms with Crippen LogP contribution in [0.2, 0.25) is 5.02 Å². The van der Waals surface area contributed by atoms with Gasteiger partial charge in [0, 0.05) is 22.9 Å². The van der Waals surface area contributed by atoms with Crippen molar-refractivity contribution in [3.05, 3.63) is 81.4 Å². The fraction of sp³-hybridized carbons (Fsp3) is 0.118. The second-order valence-electron chi connectivity index (χ2n) is 5.07. The summed E-state index contributed by atoms with van der Waals surface area (Å²) in [4.78, 5) is 22.0. The van der Waals surface area contributed by atoms with Crippen molar-refractivity contribution >= 4 is 40.7 Å². The molecule has 25 heavy (non-hydrogen) atoms. The molecule has 0 aliphatic carbocycles. The Balaban J connectivity index is 1.72. The molecule has 0 bridgehead atoms. The van der Waals surface area contributed by atoms with Gasteiger partial charge >= 0.3 is 0 Å². The van der Waals surface area contributed by atoms with Crippen molar-refractivity contribution in [3.8, 4) is 0 Å². The molecule has 0 radical (unpaired) electrons. The minimum atomic E-state index is -0.473. The monoisotopic (exact) mass is 377 g/mol. The molecule has 0 aliphatic heterocycles. The van der Waals surface area contributed by atoms with E-state index in [1.54, 1.807) is 12.1 Å². The molecule has 130 valence electrons. The second-order valence-corrected chi connectivity index (χ2v) is 6.50. The molecule has 2 aromatic carbocycles. The van der Waals surface area contributed by atoms with Gasteiger partial charge in [0.05, 0.1) is 16.4 Å². The lowest BCUT2D eigenvalue weighted by molar-refractivity contribution is -0.384. The predicted octanol–water partition coefficient (Wildman–Crippen LogP) is 3.77. The van der Waals surface area contributed by atoms with E-state index >= 15 is 0 Å². The number of nitrogens with zero attached hydrogens (tertiary/aromatic N) is 1. The van der Waals surface area contributed by atoms with Gasteiger partial charge in [0.15, 0.2) is 0 Å². The van der Waals surface area contributed by atoms with Crippen LogP contribution in [0.1, 0.15) is 11.1 Å². The van der Waals surface area contributed by atoms with Crippen molar-refractivity contribution in [3.63, 3.8) is 0 Å². The Bertz CT molecular complexity index is 764. The highest BCUT2D eigenvalue weighted by Crippen LogP contribution is 2.16. The quantitative estimate of drug-likeness (QED) is 0.540. The van der Waals surface area contributed by atoms with Gasteiger partial charge in [0.1, 0.15) is 0 Å². The third-order valence-corrected chi connectivity index (χ3v) is 4.45. The molecule has 0 aromatic heterocycles. The predicted molar refractivity (Wildman–Crippen MR) is 101 cm³/mol. The third kappa shape index (κ3) is 6.13. The number of hydrogen-bond donors (Lipinski definition) is 2. The Morgan fingerprint density at radius 3 is 2.36 bits per heavy atom. The summed E-state index contributed by atoms with van der Waals surface area (Å²) in [6.07, 6.45) is 0. The molecule has 2 aromatic rings. The van der Waals surface area contributed by atoms with E-state index in [-0.39, 0.29) is 17.3 Å². The zero-order valence-electron chi connectivity index (χ0n) is 13.2. The summed E-state index contributed by atoms with van der Waals surface area (Å²) in [5, 5.41) is 11.3. The number of hydrogen-bond acceptors (Lipinski definition) is 5. The largest absolute Gasteiger partial charge is 0.299 e. The molecule has 2 N–H and O–H groups in total. The standard InChI is InChI=1S/C17H16ClN3O3S/c1-12(14-4-8-16(9-5-14)21(23)24)19-20-17(22)11-25-10-13-2-6-15(18)7-3-13/h2-9,19H,1,10-11H2,(H,20,22). The first-order valence-electron chi connectivity index (χ1n) is 7.26. The summed E-state index contributed by atoms with van der Waals surface area (Å²) in [5.41, 5.74) is 7.45. The normalized spacial score (nSPS) is 10.1. The van der Waals surface area contributed by atoms with Crippen LogP contribution in [-0.2, 0) is 10.5 Å². The topological polar surface area (TPSA) is 84.3 Å². The molecule has 0 unspecified atom stereocenters. The van der Waals surface area contributed by atoms with Crippen molar-refractivity contribution in [2.45, 2.75) is 5.75 Å². The molecule has 0 atom stereocenters. The smallest absolute Gasteiger partial charge is 0.269 e. The van der Waals surface area contributed by atoms with Crippen LogP contribution in [0.5, 0.6) is 0 Å². The van der Waals surface area contributed by atoms with Gasteiger partial charge in [-0.2, -0.15) is 0 Å². The van der Waals surface area contributed by atoms with E-state index in [1.807, 2.05) is 24.3 Å². The van der Waals surface area contributed by atoms with E-state index in [0.29, 0.717) is 22.0 Å². The van der Waals surface area contributed by atoms with Crippen LogP contribution >= 0.6 is 23.4 Å². The van der Waals surface area contributed by atoms with Crippen LogP contribution in [0.25, 0.3) is 5.70 Å². The van der Waals surface area contributed by atoms with Gasteiger partial charge in [-0.3, -0.25) is 25.8 Å². The zero-order valence-corrected chi connectivity index (χ0v) is 14.8. The minimum absolute atomic E-state index is 0.000755. The number of nitro groups is 1. The number of halogens is 1. The van der Waals surface area contributed by atoms with E-state index in [0.717, 1.165) is 5.56 Å². The van der Waals surface area contributed by atoms with Crippen LogP contribution in [0.4, 0.5) is 5.69 Å². The van der Waals surface area contributed by atoms with Gasteiger partial charge in [0.2, 0.25) is 5.91 Å². The fourth-order valence-corrected chi connectivity index (χ4v) is 2.79. The number of rotatable bonds is 8. The Morgan fingerprint density at radius 2 is 1.76 bits per heavy atom. The van der Waals surface area contributed by atoms with Gasteiger partial charge < -0.3 is 0 Å². The number of benzene rings is 2. The fourth-order valence-electron chi connectivity index (χ4n) is 1.88. The van der Waals surface area contributed by atoms with Crippen LogP contribution in [-0.4, -0.2) is 16.6 Å². The third-order valence-electron chi connectivity index (χ3n) is 3.19. The second kappa shape index (κ2) is 9.10. The summed E-state index contributed by atoms with van der Waals surface area (Å²) < 4.78 is 0. The number of nitro benzene ring substituents is 1. The van der Waals surface area contributed by atoms with Crippen molar-refractivity contribution in [2.75, 3.05) is 5.75 Å². The highest BCUT2D eigenvalue weighted by molar-refractivity contribution is 7.99. The first-order valence-corrected chi connectivity index (χ1v) is 8.80. The molecule has 0 fully saturated rings. The maximum atomic E-state index is 11.8.